The van der Waals surface area contributed by atoms with Crippen molar-refractivity contribution in [1.82, 2.24) is 0 Å². The zero-order valence-corrected chi connectivity index (χ0v) is 12.6. The Bertz CT molecular complexity index is 312. The molecule has 0 saturated heterocycles. The molecular formula is C17H28O3. The Morgan fingerprint density at radius 2 is 1.90 bits per heavy atom. The van der Waals surface area contributed by atoms with Gasteiger partial charge in [0.2, 0.25) is 0 Å². The molecule has 0 saturated carbocycles. The molecule has 0 aromatic heterocycles. The molecule has 0 unspecified atom stereocenters. The summed E-state index contributed by atoms with van der Waals surface area (Å²) in [6, 6.07) is 0. The van der Waals surface area contributed by atoms with Gasteiger partial charge in [0.1, 0.15) is 0 Å². The van der Waals surface area contributed by atoms with Crippen molar-refractivity contribution in [2.45, 2.75) is 58.3 Å². The minimum atomic E-state index is -0.777. The third-order valence-corrected chi connectivity index (χ3v) is 2.76. The summed E-state index contributed by atoms with van der Waals surface area (Å²) >= 11 is 0. The van der Waals surface area contributed by atoms with Gasteiger partial charge in [0.05, 0.1) is 13.2 Å². The Balaban J connectivity index is 3.29. The van der Waals surface area contributed by atoms with Gasteiger partial charge in [0, 0.05) is 6.42 Å². The first-order chi connectivity index (χ1) is 9.77. The number of hydrogen-bond donors (Lipinski definition) is 1. The minimum absolute atomic E-state index is 0.157. The number of carbonyl (C=O) groups is 1. The van der Waals surface area contributed by atoms with Gasteiger partial charge in [-0.3, -0.25) is 4.79 Å². The van der Waals surface area contributed by atoms with E-state index in [1.807, 2.05) is 0 Å². The van der Waals surface area contributed by atoms with Crippen LogP contribution in [-0.4, -0.2) is 24.3 Å². The van der Waals surface area contributed by atoms with E-state index < -0.39 is 5.97 Å². The third kappa shape index (κ3) is 16.7. The predicted molar refractivity (Wildman–Crippen MR) is 82.9 cm³/mol. The van der Waals surface area contributed by atoms with E-state index in [4.69, 9.17) is 9.84 Å². The molecule has 0 radical (unpaired) electrons. The van der Waals surface area contributed by atoms with Crippen LogP contribution in [0.2, 0.25) is 0 Å². The lowest BCUT2D eigenvalue weighted by Gasteiger charge is -1.96. The predicted octanol–water partition coefficient (Wildman–Crippen LogP) is 4.50. The summed E-state index contributed by atoms with van der Waals surface area (Å²) in [6.07, 6.45) is 16.0. The van der Waals surface area contributed by atoms with Crippen LogP contribution in [0.5, 0.6) is 0 Å². The van der Waals surface area contributed by atoms with Crippen molar-refractivity contribution < 1.29 is 14.6 Å². The van der Waals surface area contributed by atoms with Gasteiger partial charge in [-0.05, 0) is 37.8 Å². The summed E-state index contributed by atoms with van der Waals surface area (Å²) in [6.45, 7) is 3.48. The molecule has 0 fully saturated rings. The van der Waals surface area contributed by atoms with Crippen molar-refractivity contribution in [2.75, 3.05) is 13.2 Å². The zero-order chi connectivity index (χ0) is 14.9. The Hall–Kier alpha value is -1.31. The van der Waals surface area contributed by atoms with E-state index in [0.717, 1.165) is 13.0 Å². The van der Waals surface area contributed by atoms with E-state index in [9.17, 15) is 4.79 Å². The van der Waals surface area contributed by atoms with Crippen LogP contribution in [-0.2, 0) is 9.53 Å². The Kier molecular flexibility index (Phi) is 14.7. The Morgan fingerprint density at radius 1 is 1.10 bits per heavy atom. The van der Waals surface area contributed by atoms with Crippen LogP contribution >= 0.6 is 0 Å². The Morgan fingerprint density at radius 3 is 2.65 bits per heavy atom. The number of carboxylic acid groups (broad SMARTS) is 1. The van der Waals surface area contributed by atoms with Crippen LogP contribution in [0.25, 0.3) is 0 Å². The summed E-state index contributed by atoms with van der Waals surface area (Å²) in [5.41, 5.74) is 2.92. The second kappa shape index (κ2) is 15.7. The molecule has 0 aliphatic rings. The van der Waals surface area contributed by atoms with Gasteiger partial charge in [0.25, 0.3) is 0 Å². The molecule has 3 nitrogen and oxygen atoms in total. The summed E-state index contributed by atoms with van der Waals surface area (Å²) < 4.78 is 5.40. The third-order valence-electron chi connectivity index (χ3n) is 2.76. The molecule has 0 aromatic rings. The normalized spacial score (nSPS) is 10.4. The van der Waals surface area contributed by atoms with E-state index >= 15 is 0 Å². The molecule has 0 heterocycles. The van der Waals surface area contributed by atoms with Crippen molar-refractivity contribution in [3.05, 3.63) is 30.0 Å². The SMILES string of the molecule is CCCCCCC=CCCOCC=C=CCCC(=O)O. The van der Waals surface area contributed by atoms with Gasteiger partial charge in [-0.2, -0.15) is 0 Å². The number of carboxylic acids is 1. The van der Waals surface area contributed by atoms with Crippen LogP contribution < -0.4 is 0 Å². The van der Waals surface area contributed by atoms with E-state index in [1.54, 1.807) is 12.2 Å². The molecule has 3 heteroatoms. The number of unbranched alkanes of at least 4 members (excludes halogenated alkanes) is 4. The molecule has 0 spiro atoms. The second-order valence-electron chi connectivity index (χ2n) is 4.69. The summed E-state index contributed by atoms with van der Waals surface area (Å²) in [4.78, 5) is 10.2. The van der Waals surface area contributed by atoms with E-state index in [-0.39, 0.29) is 6.42 Å². The maximum Gasteiger partial charge on any atom is 0.303 e. The van der Waals surface area contributed by atoms with Crippen LogP contribution in [0.3, 0.4) is 0 Å². The van der Waals surface area contributed by atoms with Crippen LogP contribution in [0, 0.1) is 0 Å². The number of rotatable bonds is 13. The molecule has 0 aromatic carbocycles. The highest BCUT2D eigenvalue weighted by Gasteiger charge is 1.90. The molecule has 20 heavy (non-hydrogen) atoms. The average Bonchev–Trinajstić information content (AvgIpc) is 2.43. The van der Waals surface area contributed by atoms with E-state index in [0.29, 0.717) is 13.0 Å². The lowest BCUT2D eigenvalue weighted by Crippen LogP contribution is -1.92. The lowest BCUT2D eigenvalue weighted by atomic mass is 10.1. The molecule has 0 bridgehead atoms. The molecule has 0 aliphatic carbocycles. The molecule has 0 aliphatic heterocycles. The number of ether oxygens (including phenoxy) is 1. The maximum absolute atomic E-state index is 10.2. The maximum atomic E-state index is 10.2. The van der Waals surface area contributed by atoms with Gasteiger partial charge in [0.15, 0.2) is 0 Å². The summed E-state index contributed by atoms with van der Waals surface area (Å²) in [5, 5.41) is 8.43. The van der Waals surface area contributed by atoms with Gasteiger partial charge < -0.3 is 9.84 Å². The lowest BCUT2D eigenvalue weighted by molar-refractivity contribution is -0.136. The van der Waals surface area contributed by atoms with Gasteiger partial charge in [-0.15, -0.1) is 5.73 Å². The van der Waals surface area contributed by atoms with Crippen molar-refractivity contribution in [3.63, 3.8) is 0 Å². The number of hydrogen-bond acceptors (Lipinski definition) is 2. The smallest absolute Gasteiger partial charge is 0.303 e. The fourth-order valence-electron chi connectivity index (χ4n) is 1.63. The summed E-state index contributed by atoms with van der Waals surface area (Å²) in [5.74, 6) is -0.777. The first-order valence-electron chi connectivity index (χ1n) is 7.61. The summed E-state index contributed by atoms with van der Waals surface area (Å²) in [7, 11) is 0. The molecule has 0 rings (SSSR count). The highest BCUT2D eigenvalue weighted by atomic mass is 16.5. The van der Waals surface area contributed by atoms with E-state index in [2.05, 4.69) is 24.8 Å². The standard InChI is InChI=1S/C17H28O3/c1-2-3-4-5-6-7-9-12-15-20-16-13-10-8-11-14-17(18)19/h7-9,13H,2-6,11-12,14-16H2,1H3,(H,18,19). The fraction of sp³-hybridized carbons (Fsp3) is 0.647. The largest absolute Gasteiger partial charge is 0.481 e. The molecule has 0 atom stereocenters. The highest BCUT2D eigenvalue weighted by molar-refractivity contribution is 5.66. The van der Waals surface area contributed by atoms with E-state index in [1.165, 1.54) is 32.1 Å². The van der Waals surface area contributed by atoms with Gasteiger partial charge in [-0.1, -0.05) is 38.3 Å². The number of allylic oxidation sites excluding steroid dienone is 1. The average molecular weight is 280 g/mol. The molecule has 0 amide bonds. The van der Waals surface area contributed by atoms with Crippen molar-refractivity contribution in [1.29, 1.82) is 0 Å². The quantitative estimate of drug-likeness (QED) is 0.307. The first kappa shape index (κ1) is 18.7. The van der Waals surface area contributed by atoms with Gasteiger partial charge in [-0.25, -0.2) is 0 Å². The topological polar surface area (TPSA) is 46.5 Å². The van der Waals surface area contributed by atoms with Crippen LogP contribution in [0.1, 0.15) is 58.3 Å². The fourth-order valence-corrected chi connectivity index (χ4v) is 1.63. The Labute approximate surface area is 123 Å². The molecule has 114 valence electrons. The molecule has 1 N–H and O–H groups in total. The number of aliphatic carboxylic acids is 1. The van der Waals surface area contributed by atoms with Crippen molar-refractivity contribution >= 4 is 5.97 Å². The highest BCUT2D eigenvalue weighted by Crippen LogP contribution is 2.03. The van der Waals surface area contributed by atoms with Crippen molar-refractivity contribution in [2.24, 2.45) is 0 Å². The first-order valence-corrected chi connectivity index (χ1v) is 7.61. The molecular weight excluding hydrogens is 252 g/mol. The minimum Gasteiger partial charge on any atom is -0.481 e. The van der Waals surface area contributed by atoms with Crippen LogP contribution in [0.15, 0.2) is 30.0 Å². The van der Waals surface area contributed by atoms with Crippen LogP contribution in [0.4, 0.5) is 0 Å². The van der Waals surface area contributed by atoms with Crippen molar-refractivity contribution in [3.8, 4) is 0 Å². The second-order valence-corrected chi connectivity index (χ2v) is 4.69. The van der Waals surface area contributed by atoms with Gasteiger partial charge >= 0.3 is 5.97 Å². The zero-order valence-electron chi connectivity index (χ0n) is 12.6. The monoisotopic (exact) mass is 280 g/mol.